The Morgan fingerprint density at radius 1 is 1.36 bits per heavy atom. The van der Waals surface area contributed by atoms with Crippen LogP contribution in [0.1, 0.15) is 65.5 Å². The van der Waals surface area contributed by atoms with Crippen molar-refractivity contribution in [2.45, 2.75) is 52.5 Å². The Bertz CT molecular complexity index is 654. The molecular weight excluding hydrogens is 282 g/mol. The van der Waals surface area contributed by atoms with Gasteiger partial charge in [0.05, 0.1) is 11.7 Å². The largest absolute Gasteiger partial charge is 0.361 e. The number of aryl methyl sites for hydroxylation is 3. The number of hydrogen-bond donors (Lipinski definition) is 0. The molecule has 0 bridgehead atoms. The summed E-state index contributed by atoms with van der Waals surface area (Å²) in [6.07, 6.45) is 3.77. The first-order chi connectivity index (χ1) is 10.6. The minimum atomic E-state index is -0.0289. The summed E-state index contributed by atoms with van der Waals surface area (Å²) in [6, 6.07) is 1.96. The lowest BCUT2D eigenvalue weighted by atomic mass is 10.1. The summed E-state index contributed by atoms with van der Waals surface area (Å²) in [7, 11) is 0. The van der Waals surface area contributed by atoms with Crippen LogP contribution in [0.2, 0.25) is 0 Å². The van der Waals surface area contributed by atoms with E-state index >= 15 is 0 Å². The SMILES string of the molecule is CCCc1cc(C2CCCN2C(=O)c2c(C)noc2C)no1. The van der Waals surface area contributed by atoms with Crippen molar-refractivity contribution in [2.75, 3.05) is 6.54 Å². The van der Waals surface area contributed by atoms with Crippen LogP contribution in [0.3, 0.4) is 0 Å². The maximum Gasteiger partial charge on any atom is 0.259 e. The van der Waals surface area contributed by atoms with Crippen LogP contribution in [0.15, 0.2) is 15.1 Å². The fraction of sp³-hybridized carbons (Fsp3) is 0.562. The zero-order valence-corrected chi connectivity index (χ0v) is 13.3. The molecule has 2 aromatic rings. The van der Waals surface area contributed by atoms with E-state index in [1.54, 1.807) is 13.8 Å². The number of aromatic nitrogens is 2. The number of amides is 1. The van der Waals surface area contributed by atoms with Crippen LogP contribution in [0, 0.1) is 13.8 Å². The quantitative estimate of drug-likeness (QED) is 0.867. The molecule has 1 amide bonds. The van der Waals surface area contributed by atoms with Crippen molar-refractivity contribution < 1.29 is 13.8 Å². The number of carbonyl (C=O) groups is 1. The van der Waals surface area contributed by atoms with Crippen LogP contribution in [0.4, 0.5) is 0 Å². The van der Waals surface area contributed by atoms with E-state index in [1.165, 1.54) is 0 Å². The van der Waals surface area contributed by atoms with Gasteiger partial charge in [-0.3, -0.25) is 4.79 Å². The number of nitrogens with zero attached hydrogens (tertiary/aromatic N) is 3. The predicted octanol–water partition coefficient (Wildman–Crippen LogP) is 3.21. The standard InChI is InChI=1S/C16H21N3O3/c1-4-6-12-9-13(18-22-12)14-7-5-8-19(14)16(20)15-10(2)17-21-11(15)3/h9,14H,4-8H2,1-3H3. The van der Waals surface area contributed by atoms with Crippen molar-refractivity contribution in [3.8, 4) is 0 Å². The Labute approximate surface area is 129 Å². The molecule has 0 radical (unpaired) electrons. The van der Waals surface area contributed by atoms with Gasteiger partial charge in [0.15, 0.2) is 0 Å². The molecule has 22 heavy (non-hydrogen) atoms. The molecule has 1 fully saturated rings. The molecule has 1 aliphatic heterocycles. The Hall–Kier alpha value is -2.11. The number of likely N-dealkylation sites (tertiary alicyclic amines) is 1. The molecule has 1 atom stereocenters. The topological polar surface area (TPSA) is 72.4 Å². The lowest BCUT2D eigenvalue weighted by molar-refractivity contribution is 0.0728. The van der Waals surface area contributed by atoms with Crippen molar-refractivity contribution in [3.05, 3.63) is 34.5 Å². The van der Waals surface area contributed by atoms with Gasteiger partial charge in [-0.25, -0.2) is 0 Å². The average Bonchev–Trinajstić information content (AvgIpc) is 3.19. The third-order valence-corrected chi connectivity index (χ3v) is 4.18. The number of hydrogen-bond acceptors (Lipinski definition) is 5. The Balaban J connectivity index is 1.85. The highest BCUT2D eigenvalue weighted by Gasteiger charge is 2.35. The van der Waals surface area contributed by atoms with Gasteiger partial charge in [-0.05, 0) is 33.1 Å². The summed E-state index contributed by atoms with van der Waals surface area (Å²) in [5, 5.41) is 8.05. The Morgan fingerprint density at radius 2 is 2.18 bits per heavy atom. The van der Waals surface area contributed by atoms with E-state index in [9.17, 15) is 4.79 Å². The monoisotopic (exact) mass is 303 g/mol. The van der Waals surface area contributed by atoms with Crippen LogP contribution in [-0.2, 0) is 6.42 Å². The average molecular weight is 303 g/mol. The second-order valence-corrected chi connectivity index (χ2v) is 5.82. The first-order valence-corrected chi connectivity index (χ1v) is 7.81. The maximum absolute atomic E-state index is 12.8. The summed E-state index contributed by atoms with van der Waals surface area (Å²) >= 11 is 0. The normalized spacial score (nSPS) is 18.1. The van der Waals surface area contributed by atoms with Crippen molar-refractivity contribution in [3.63, 3.8) is 0 Å². The van der Waals surface area contributed by atoms with Crippen LogP contribution in [-0.4, -0.2) is 27.7 Å². The second-order valence-electron chi connectivity index (χ2n) is 5.82. The first kappa shape index (κ1) is 14.8. The van der Waals surface area contributed by atoms with Gasteiger partial charge in [-0.1, -0.05) is 17.2 Å². The first-order valence-electron chi connectivity index (χ1n) is 7.81. The van der Waals surface area contributed by atoms with Crippen LogP contribution in [0.5, 0.6) is 0 Å². The molecule has 0 N–H and O–H groups in total. The molecule has 2 aromatic heterocycles. The molecule has 118 valence electrons. The van der Waals surface area contributed by atoms with E-state index in [2.05, 4.69) is 17.2 Å². The minimum Gasteiger partial charge on any atom is -0.361 e. The fourth-order valence-corrected chi connectivity index (χ4v) is 3.10. The molecular formula is C16H21N3O3. The summed E-state index contributed by atoms with van der Waals surface area (Å²) in [6.45, 7) is 6.40. The van der Waals surface area contributed by atoms with E-state index in [0.717, 1.165) is 43.7 Å². The summed E-state index contributed by atoms with van der Waals surface area (Å²) < 4.78 is 10.5. The van der Waals surface area contributed by atoms with Crippen molar-refractivity contribution in [2.24, 2.45) is 0 Å². The van der Waals surface area contributed by atoms with E-state index in [-0.39, 0.29) is 11.9 Å². The highest BCUT2D eigenvalue weighted by Crippen LogP contribution is 2.33. The molecule has 1 aliphatic rings. The molecule has 1 saturated heterocycles. The maximum atomic E-state index is 12.8. The molecule has 0 aliphatic carbocycles. The number of carbonyl (C=O) groups excluding carboxylic acids is 1. The third kappa shape index (κ3) is 2.53. The molecule has 1 unspecified atom stereocenters. The predicted molar refractivity (Wildman–Crippen MR) is 79.5 cm³/mol. The van der Waals surface area contributed by atoms with Crippen molar-refractivity contribution in [1.82, 2.24) is 15.2 Å². The molecule has 0 aromatic carbocycles. The Morgan fingerprint density at radius 3 is 2.86 bits per heavy atom. The van der Waals surface area contributed by atoms with Crippen molar-refractivity contribution in [1.29, 1.82) is 0 Å². The molecule has 0 spiro atoms. The minimum absolute atomic E-state index is 0.0180. The number of rotatable bonds is 4. The molecule has 3 heterocycles. The van der Waals surface area contributed by atoms with Crippen LogP contribution >= 0.6 is 0 Å². The van der Waals surface area contributed by atoms with E-state index in [1.807, 2.05) is 11.0 Å². The van der Waals surface area contributed by atoms with Crippen molar-refractivity contribution >= 4 is 5.91 Å². The van der Waals surface area contributed by atoms with E-state index in [4.69, 9.17) is 9.05 Å². The van der Waals surface area contributed by atoms with Gasteiger partial charge in [0, 0.05) is 19.0 Å². The van der Waals surface area contributed by atoms with Gasteiger partial charge in [-0.15, -0.1) is 0 Å². The smallest absolute Gasteiger partial charge is 0.259 e. The lowest BCUT2D eigenvalue weighted by Crippen LogP contribution is -2.31. The summed E-state index contributed by atoms with van der Waals surface area (Å²) in [5.41, 5.74) is 2.06. The van der Waals surface area contributed by atoms with Gasteiger partial charge >= 0.3 is 0 Å². The zero-order chi connectivity index (χ0) is 15.7. The lowest BCUT2D eigenvalue weighted by Gasteiger charge is -2.22. The van der Waals surface area contributed by atoms with Crippen LogP contribution in [0.25, 0.3) is 0 Å². The second kappa shape index (κ2) is 5.94. The van der Waals surface area contributed by atoms with Gasteiger partial charge in [0.25, 0.3) is 5.91 Å². The van der Waals surface area contributed by atoms with Gasteiger partial charge in [-0.2, -0.15) is 0 Å². The van der Waals surface area contributed by atoms with E-state index < -0.39 is 0 Å². The molecule has 6 nitrogen and oxygen atoms in total. The zero-order valence-electron chi connectivity index (χ0n) is 13.3. The van der Waals surface area contributed by atoms with Gasteiger partial charge in [0.2, 0.25) is 0 Å². The highest BCUT2D eigenvalue weighted by molar-refractivity contribution is 5.96. The van der Waals surface area contributed by atoms with Gasteiger partial charge in [0.1, 0.15) is 22.8 Å². The third-order valence-electron chi connectivity index (χ3n) is 4.18. The molecule has 6 heteroatoms. The fourth-order valence-electron chi connectivity index (χ4n) is 3.10. The summed E-state index contributed by atoms with van der Waals surface area (Å²) in [4.78, 5) is 14.7. The van der Waals surface area contributed by atoms with E-state index in [0.29, 0.717) is 17.0 Å². The van der Waals surface area contributed by atoms with Crippen LogP contribution < -0.4 is 0 Å². The van der Waals surface area contributed by atoms with Gasteiger partial charge < -0.3 is 13.9 Å². The summed E-state index contributed by atoms with van der Waals surface area (Å²) in [5.74, 6) is 1.42. The molecule has 0 saturated carbocycles. The molecule has 3 rings (SSSR count). The highest BCUT2D eigenvalue weighted by atomic mass is 16.5. The Kier molecular flexibility index (Phi) is 4.00.